The fraction of sp³-hybridized carbons (Fsp3) is 0.143. The summed E-state index contributed by atoms with van der Waals surface area (Å²) in [6.07, 6.45) is 1.14. The molecule has 6 heteroatoms. The Bertz CT molecular complexity index is 729. The van der Waals surface area contributed by atoms with Crippen molar-refractivity contribution in [3.63, 3.8) is 0 Å². The van der Waals surface area contributed by atoms with Crippen LogP contribution in [0.25, 0.3) is 0 Å². The van der Waals surface area contributed by atoms with Crippen LogP contribution in [0, 0.1) is 0 Å². The van der Waals surface area contributed by atoms with E-state index in [9.17, 15) is 13.5 Å². The summed E-state index contributed by atoms with van der Waals surface area (Å²) in [6.45, 7) is 0.347. The van der Waals surface area contributed by atoms with Crippen LogP contribution in [0.3, 0.4) is 0 Å². The van der Waals surface area contributed by atoms with Gasteiger partial charge in [0.1, 0.15) is 5.75 Å². The number of hydrogen-bond donors (Lipinski definition) is 2. The fourth-order valence-corrected chi connectivity index (χ4v) is 2.55. The van der Waals surface area contributed by atoms with E-state index in [4.69, 9.17) is 11.6 Å². The molecular formula is C14H14ClNO3S. The van der Waals surface area contributed by atoms with Gasteiger partial charge >= 0.3 is 0 Å². The lowest BCUT2D eigenvalue weighted by Crippen LogP contribution is -2.03. The number of para-hydroxylation sites is 1. The number of halogens is 1. The highest BCUT2D eigenvalue weighted by Crippen LogP contribution is 2.26. The smallest absolute Gasteiger partial charge is 0.175 e. The number of nitrogens with one attached hydrogen (secondary N) is 1. The highest BCUT2D eigenvalue weighted by Gasteiger charge is 2.10. The first-order chi connectivity index (χ1) is 9.38. The van der Waals surface area contributed by atoms with Crippen LogP contribution in [0.5, 0.6) is 5.75 Å². The molecule has 20 heavy (non-hydrogen) atoms. The summed E-state index contributed by atoms with van der Waals surface area (Å²) in [5.74, 6) is 0.176. The first-order valence-electron chi connectivity index (χ1n) is 5.88. The molecular weight excluding hydrogens is 298 g/mol. The third kappa shape index (κ3) is 3.43. The van der Waals surface area contributed by atoms with Gasteiger partial charge in [-0.1, -0.05) is 29.8 Å². The molecule has 0 unspecified atom stereocenters. The van der Waals surface area contributed by atoms with Gasteiger partial charge in [-0.15, -0.1) is 0 Å². The van der Waals surface area contributed by atoms with Crippen LogP contribution in [0.4, 0.5) is 5.69 Å². The van der Waals surface area contributed by atoms with E-state index in [2.05, 4.69) is 5.32 Å². The molecule has 0 saturated carbocycles. The maximum absolute atomic E-state index is 11.5. The van der Waals surface area contributed by atoms with Crippen molar-refractivity contribution in [2.75, 3.05) is 11.6 Å². The third-order valence-electron chi connectivity index (χ3n) is 2.83. The van der Waals surface area contributed by atoms with Crippen LogP contribution >= 0.6 is 11.6 Å². The second-order valence-electron chi connectivity index (χ2n) is 4.40. The minimum atomic E-state index is -3.28. The van der Waals surface area contributed by atoms with Gasteiger partial charge in [0, 0.05) is 18.4 Å². The Morgan fingerprint density at radius 3 is 2.55 bits per heavy atom. The Morgan fingerprint density at radius 2 is 1.90 bits per heavy atom. The SMILES string of the molecule is CS(=O)(=O)c1ccc(Cl)c(NCc2ccccc2O)c1. The molecule has 0 aliphatic rings. The molecule has 0 aromatic heterocycles. The highest BCUT2D eigenvalue weighted by atomic mass is 35.5. The number of anilines is 1. The van der Waals surface area contributed by atoms with Crippen LogP contribution in [-0.2, 0) is 16.4 Å². The maximum atomic E-state index is 11.5. The highest BCUT2D eigenvalue weighted by molar-refractivity contribution is 7.90. The largest absolute Gasteiger partial charge is 0.508 e. The predicted molar refractivity (Wildman–Crippen MR) is 80.0 cm³/mol. The van der Waals surface area contributed by atoms with Crippen LogP contribution in [0.2, 0.25) is 5.02 Å². The number of phenols is 1. The monoisotopic (exact) mass is 311 g/mol. The Balaban J connectivity index is 2.24. The number of aromatic hydroxyl groups is 1. The van der Waals surface area contributed by atoms with Crippen LogP contribution in [0.15, 0.2) is 47.4 Å². The Hall–Kier alpha value is -1.72. The molecule has 2 aromatic rings. The van der Waals surface area contributed by atoms with Crippen molar-refractivity contribution in [1.82, 2.24) is 0 Å². The summed E-state index contributed by atoms with van der Waals surface area (Å²) < 4.78 is 23.0. The molecule has 0 aliphatic heterocycles. The van der Waals surface area contributed by atoms with Gasteiger partial charge in [-0.25, -0.2) is 8.42 Å². The molecule has 0 aliphatic carbocycles. The summed E-state index contributed by atoms with van der Waals surface area (Å²) in [5.41, 5.74) is 1.21. The van der Waals surface area contributed by atoms with Gasteiger partial charge in [-0.2, -0.15) is 0 Å². The second kappa shape index (κ2) is 5.73. The molecule has 0 fully saturated rings. The van der Waals surface area contributed by atoms with Crippen molar-refractivity contribution in [3.05, 3.63) is 53.1 Å². The lowest BCUT2D eigenvalue weighted by Gasteiger charge is -2.11. The molecule has 0 spiro atoms. The average molecular weight is 312 g/mol. The molecule has 4 nitrogen and oxygen atoms in total. The van der Waals surface area contributed by atoms with E-state index < -0.39 is 9.84 Å². The zero-order chi connectivity index (χ0) is 14.8. The van der Waals surface area contributed by atoms with Crippen molar-refractivity contribution in [2.45, 2.75) is 11.4 Å². The van der Waals surface area contributed by atoms with Crippen LogP contribution in [-0.4, -0.2) is 19.8 Å². The number of rotatable bonds is 4. The van der Waals surface area contributed by atoms with Crippen molar-refractivity contribution in [2.24, 2.45) is 0 Å². The number of hydrogen-bond acceptors (Lipinski definition) is 4. The minimum absolute atomic E-state index is 0.176. The van der Waals surface area contributed by atoms with Gasteiger partial charge in [-0.3, -0.25) is 0 Å². The number of phenolic OH excluding ortho intramolecular Hbond substituents is 1. The van der Waals surface area contributed by atoms with E-state index in [-0.39, 0.29) is 10.6 Å². The summed E-state index contributed by atoms with van der Waals surface area (Å²) in [7, 11) is -3.28. The predicted octanol–water partition coefficient (Wildman–Crippen LogP) is 3.06. The minimum Gasteiger partial charge on any atom is -0.508 e. The van der Waals surface area contributed by atoms with E-state index in [1.54, 1.807) is 18.2 Å². The van der Waals surface area contributed by atoms with E-state index in [1.165, 1.54) is 18.2 Å². The Morgan fingerprint density at radius 1 is 1.20 bits per heavy atom. The second-order valence-corrected chi connectivity index (χ2v) is 6.82. The van der Waals surface area contributed by atoms with Gasteiger partial charge in [0.2, 0.25) is 0 Å². The van der Waals surface area contributed by atoms with Gasteiger partial charge in [0.05, 0.1) is 15.6 Å². The zero-order valence-corrected chi connectivity index (χ0v) is 12.4. The molecule has 106 valence electrons. The maximum Gasteiger partial charge on any atom is 0.175 e. The first-order valence-corrected chi connectivity index (χ1v) is 8.15. The molecule has 0 heterocycles. The number of benzene rings is 2. The van der Waals surface area contributed by atoms with E-state index in [0.717, 1.165) is 6.26 Å². The van der Waals surface area contributed by atoms with Gasteiger partial charge in [0.15, 0.2) is 9.84 Å². The molecule has 2 aromatic carbocycles. The Labute approximate surface area is 122 Å². The van der Waals surface area contributed by atoms with Crippen molar-refractivity contribution in [3.8, 4) is 5.75 Å². The first kappa shape index (κ1) is 14.7. The van der Waals surface area contributed by atoms with E-state index in [1.807, 2.05) is 6.07 Å². The van der Waals surface area contributed by atoms with Crippen LogP contribution in [0.1, 0.15) is 5.56 Å². The average Bonchev–Trinajstić information content (AvgIpc) is 2.38. The van der Waals surface area contributed by atoms with Crippen molar-refractivity contribution in [1.29, 1.82) is 0 Å². The summed E-state index contributed by atoms with van der Waals surface area (Å²) >= 11 is 6.03. The molecule has 2 N–H and O–H groups in total. The molecule has 0 radical (unpaired) electrons. The zero-order valence-electron chi connectivity index (χ0n) is 10.8. The van der Waals surface area contributed by atoms with Crippen molar-refractivity contribution >= 4 is 27.1 Å². The summed E-state index contributed by atoms with van der Waals surface area (Å²) in [4.78, 5) is 0.196. The number of sulfone groups is 1. The third-order valence-corrected chi connectivity index (χ3v) is 4.27. The summed E-state index contributed by atoms with van der Waals surface area (Å²) in [6, 6.07) is 11.4. The van der Waals surface area contributed by atoms with Crippen LogP contribution < -0.4 is 5.32 Å². The van der Waals surface area contributed by atoms with E-state index >= 15 is 0 Å². The molecule has 0 amide bonds. The summed E-state index contributed by atoms with van der Waals surface area (Å²) in [5, 5.41) is 13.1. The topological polar surface area (TPSA) is 66.4 Å². The van der Waals surface area contributed by atoms with Gasteiger partial charge < -0.3 is 10.4 Å². The lowest BCUT2D eigenvalue weighted by atomic mass is 10.2. The molecule has 2 rings (SSSR count). The normalized spacial score (nSPS) is 11.3. The quantitative estimate of drug-likeness (QED) is 0.910. The molecule has 0 atom stereocenters. The van der Waals surface area contributed by atoms with E-state index in [0.29, 0.717) is 22.8 Å². The standard InChI is InChI=1S/C14H14ClNO3S/c1-20(18,19)11-6-7-12(15)13(8-11)16-9-10-4-2-3-5-14(10)17/h2-8,16-17H,9H2,1H3. The lowest BCUT2D eigenvalue weighted by molar-refractivity contribution is 0.469. The molecule has 0 saturated heterocycles. The van der Waals surface area contributed by atoms with Gasteiger partial charge in [-0.05, 0) is 24.3 Å². The Kier molecular flexibility index (Phi) is 4.20. The molecule has 0 bridgehead atoms. The van der Waals surface area contributed by atoms with Gasteiger partial charge in [0.25, 0.3) is 0 Å². The fourth-order valence-electron chi connectivity index (χ4n) is 1.72. The van der Waals surface area contributed by atoms with Crippen molar-refractivity contribution < 1.29 is 13.5 Å².